The molecule has 0 atom stereocenters. The van der Waals surface area contributed by atoms with Crippen LogP contribution in [-0.4, -0.2) is 40.3 Å². The molecule has 0 aliphatic carbocycles. The topological polar surface area (TPSA) is 83.6 Å². The first-order valence-electron chi connectivity index (χ1n) is 6.86. The van der Waals surface area contributed by atoms with Crippen LogP contribution in [0.4, 0.5) is 4.39 Å². The summed E-state index contributed by atoms with van der Waals surface area (Å²) in [7, 11) is 1.47. The molecule has 7 heteroatoms. The Balaban J connectivity index is 1.93. The van der Waals surface area contributed by atoms with Gasteiger partial charge in [0.05, 0.1) is 12.1 Å². The van der Waals surface area contributed by atoms with E-state index in [9.17, 15) is 19.1 Å². The maximum atomic E-state index is 12.9. The van der Waals surface area contributed by atoms with Crippen LogP contribution in [0, 0.1) is 5.82 Å². The number of aliphatic hydroxyl groups is 1. The van der Waals surface area contributed by atoms with Crippen LogP contribution in [0.3, 0.4) is 0 Å². The van der Waals surface area contributed by atoms with Gasteiger partial charge in [-0.05, 0) is 17.7 Å². The van der Waals surface area contributed by atoms with Crippen LogP contribution in [0.15, 0.2) is 40.6 Å². The zero-order valence-electron chi connectivity index (χ0n) is 12.2. The lowest BCUT2D eigenvalue weighted by Gasteiger charge is -2.05. The quantitative estimate of drug-likeness (QED) is 0.529. The molecule has 2 aromatic rings. The fourth-order valence-electron chi connectivity index (χ4n) is 2.39. The molecule has 0 bridgehead atoms. The summed E-state index contributed by atoms with van der Waals surface area (Å²) in [5.74, 6) is -1.81. The largest absolute Gasteiger partial charge is 0.505 e. The number of oxazole rings is 1. The third-order valence-electron chi connectivity index (χ3n) is 3.64. The highest BCUT2D eigenvalue weighted by atomic mass is 19.1. The second-order valence-electron chi connectivity index (χ2n) is 5.24. The van der Waals surface area contributed by atoms with Crippen LogP contribution in [0.1, 0.15) is 17.0 Å². The zero-order valence-corrected chi connectivity index (χ0v) is 12.2. The molecule has 1 amide bonds. The Bertz CT molecular complexity index is 808. The summed E-state index contributed by atoms with van der Waals surface area (Å²) < 4.78 is 18.2. The van der Waals surface area contributed by atoms with Crippen molar-refractivity contribution in [2.24, 2.45) is 0 Å². The molecular formula is C16H13FN2O4. The van der Waals surface area contributed by atoms with Gasteiger partial charge in [0, 0.05) is 13.5 Å². The van der Waals surface area contributed by atoms with Crippen LogP contribution in [0.2, 0.25) is 0 Å². The van der Waals surface area contributed by atoms with Gasteiger partial charge in [-0.25, -0.2) is 9.37 Å². The van der Waals surface area contributed by atoms with Gasteiger partial charge in [0.1, 0.15) is 17.3 Å². The first kappa shape index (κ1) is 15.0. The Labute approximate surface area is 130 Å². The van der Waals surface area contributed by atoms with Gasteiger partial charge < -0.3 is 14.4 Å². The summed E-state index contributed by atoms with van der Waals surface area (Å²) in [6.07, 6.45) is 1.42. The summed E-state index contributed by atoms with van der Waals surface area (Å²) in [5.41, 5.74) is 0.862. The number of likely N-dealkylation sites (N-methyl/N-ethyl adjacent to an activating group) is 1. The van der Waals surface area contributed by atoms with Gasteiger partial charge >= 0.3 is 0 Å². The lowest BCUT2D eigenvalue weighted by atomic mass is 10.1. The number of halogens is 1. The molecule has 23 heavy (non-hydrogen) atoms. The summed E-state index contributed by atoms with van der Waals surface area (Å²) in [4.78, 5) is 28.5. The van der Waals surface area contributed by atoms with E-state index in [4.69, 9.17) is 4.42 Å². The second kappa shape index (κ2) is 5.68. The summed E-state index contributed by atoms with van der Waals surface area (Å²) in [5, 5.41) is 10.3. The first-order valence-corrected chi connectivity index (χ1v) is 6.86. The molecule has 1 aliphatic rings. The van der Waals surface area contributed by atoms with Crippen LogP contribution >= 0.6 is 0 Å². The van der Waals surface area contributed by atoms with Gasteiger partial charge in [-0.3, -0.25) is 9.59 Å². The van der Waals surface area contributed by atoms with Crippen molar-refractivity contribution < 1.29 is 23.5 Å². The molecule has 1 N–H and O–H groups in total. The molecule has 1 fully saturated rings. The average Bonchev–Trinajstić information content (AvgIpc) is 3.09. The Morgan fingerprint density at radius 3 is 2.65 bits per heavy atom. The number of aromatic nitrogens is 1. The molecule has 2 heterocycles. The number of hydrogen-bond acceptors (Lipinski definition) is 5. The zero-order chi connectivity index (χ0) is 16.6. The standard InChI is InChI=1S/C16H13FN2O4/c1-19-7-11(15(21)16(19)22)14(20)13-12(23-8-18-13)6-9-2-4-10(17)5-3-9/h2-5,8,20H,6-7H2,1H3/b14-11-. The maximum absolute atomic E-state index is 12.9. The molecule has 0 radical (unpaired) electrons. The second-order valence-corrected chi connectivity index (χ2v) is 5.24. The number of rotatable bonds is 3. The van der Waals surface area contributed by atoms with Crippen molar-refractivity contribution in [3.8, 4) is 0 Å². The lowest BCUT2D eigenvalue weighted by molar-refractivity contribution is -0.138. The molecule has 3 rings (SSSR count). The maximum Gasteiger partial charge on any atom is 0.294 e. The number of amides is 1. The van der Waals surface area contributed by atoms with E-state index in [1.165, 1.54) is 24.1 Å². The summed E-state index contributed by atoms with van der Waals surface area (Å²) >= 11 is 0. The van der Waals surface area contributed by atoms with Crippen LogP contribution in [-0.2, 0) is 16.0 Å². The smallest absolute Gasteiger partial charge is 0.294 e. The molecule has 0 saturated carbocycles. The first-order chi connectivity index (χ1) is 11.0. The summed E-state index contributed by atoms with van der Waals surface area (Å²) in [6.45, 7) is 0.0202. The van der Waals surface area contributed by atoms with Crippen molar-refractivity contribution in [2.75, 3.05) is 13.6 Å². The fraction of sp³-hybridized carbons (Fsp3) is 0.188. The molecule has 1 aromatic carbocycles. The van der Waals surface area contributed by atoms with Crippen molar-refractivity contribution in [1.82, 2.24) is 9.88 Å². The Morgan fingerprint density at radius 1 is 1.35 bits per heavy atom. The van der Waals surface area contributed by atoms with Gasteiger partial charge in [-0.1, -0.05) is 12.1 Å². The van der Waals surface area contributed by atoms with Gasteiger partial charge in [0.15, 0.2) is 12.2 Å². The van der Waals surface area contributed by atoms with Crippen LogP contribution in [0.5, 0.6) is 0 Å². The number of ketones is 1. The molecule has 118 valence electrons. The van der Waals surface area contributed by atoms with Gasteiger partial charge in [0.25, 0.3) is 11.7 Å². The molecule has 1 aliphatic heterocycles. The fourth-order valence-corrected chi connectivity index (χ4v) is 2.39. The minimum absolute atomic E-state index is 0.00763. The highest BCUT2D eigenvalue weighted by Crippen LogP contribution is 2.25. The number of Topliss-reactive ketones (excluding diaryl/α,β-unsaturated/α-hetero) is 1. The number of carbonyl (C=O) groups excluding carboxylic acids is 2. The van der Waals surface area contributed by atoms with E-state index in [1.807, 2.05) is 0 Å². The Kier molecular flexibility index (Phi) is 3.69. The molecule has 0 spiro atoms. The van der Waals surface area contributed by atoms with E-state index in [0.29, 0.717) is 5.76 Å². The van der Waals surface area contributed by atoms with E-state index in [0.717, 1.165) is 12.0 Å². The monoisotopic (exact) mass is 316 g/mol. The van der Waals surface area contributed by atoms with E-state index in [-0.39, 0.29) is 35.8 Å². The number of nitrogens with zero attached hydrogens (tertiary/aromatic N) is 2. The van der Waals surface area contributed by atoms with Crippen LogP contribution < -0.4 is 0 Å². The van der Waals surface area contributed by atoms with Crippen molar-refractivity contribution in [1.29, 1.82) is 0 Å². The van der Waals surface area contributed by atoms with Crippen molar-refractivity contribution in [3.05, 3.63) is 59.1 Å². The average molecular weight is 316 g/mol. The minimum Gasteiger partial charge on any atom is -0.505 e. The number of aliphatic hydroxyl groups excluding tert-OH is 1. The third-order valence-corrected chi connectivity index (χ3v) is 3.64. The number of carbonyl (C=O) groups is 2. The number of hydrogen-bond donors (Lipinski definition) is 1. The Morgan fingerprint density at radius 2 is 2.04 bits per heavy atom. The van der Waals surface area contributed by atoms with E-state index in [1.54, 1.807) is 12.1 Å². The molecule has 6 nitrogen and oxygen atoms in total. The van der Waals surface area contributed by atoms with Gasteiger partial charge in [-0.15, -0.1) is 0 Å². The predicted octanol–water partition coefficient (Wildman–Crippen LogP) is 1.71. The molecular weight excluding hydrogens is 303 g/mol. The normalized spacial score (nSPS) is 17.0. The molecule has 0 unspecified atom stereocenters. The summed E-state index contributed by atoms with van der Waals surface area (Å²) in [6, 6.07) is 5.81. The Hall–Kier alpha value is -2.96. The molecule has 1 aromatic heterocycles. The highest BCUT2D eigenvalue weighted by Gasteiger charge is 2.35. The van der Waals surface area contributed by atoms with E-state index >= 15 is 0 Å². The highest BCUT2D eigenvalue weighted by molar-refractivity contribution is 6.46. The number of likely N-dealkylation sites (tertiary alicyclic amines) is 1. The van der Waals surface area contributed by atoms with Gasteiger partial charge in [-0.2, -0.15) is 0 Å². The SMILES string of the molecule is CN1C/C(=C(/O)c2ncoc2Cc2ccc(F)cc2)C(=O)C1=O. The van der Waals surface area contributed by atoms with Crippen molar-refractivity contribution in [2.45, 2.75) is 6.42 Å². The van der Waals surface area contributed by atoms with Crippen molar-refractivity contribution in [3.63, 3.8) is 0 Å². The van der Waals surface area contributed by atoms with E-state index in [2.05, 4.69) is 4.98 Å². The third kappa shape index (κ3) is 2.73. The van der Waals surface area contributed by atoms with Gasteiger partial charge in [0.2, 0.25) is 0 Å². The van der Waals surface area contributed by atoms with E-state index < -0.39 is 11.7 Å². The minimum atomic E-state index is -0.749. The predicted molar refractivity (Wildman–Crippen MR) is 77.9 cm³/mol. The van der Waals surface area contributed by atoms with Crippen LogP contribution in [0.25, 0.3) is 5.76 Å². The lowest BCUT2D eigenvalue weighted by Crippen LogP contribution is -2.22. The molecule has 1 saturated heterocycles. The number of benzene rings is 1. The van der Waals surface area contributed by atoms with Crippen molar-refractivity contribution >= 4 is 17.4 Å².